The SMILES string of the molecule is CCc1cc(N)c(C(=O)OC)cc1C1=CC=NC1C. The highest BCUT2D eigenvalue weighted by molar-refractivity contribution is 5.98. The first-order valence-corrected chi connectivity index (χ1v) is 6.32. The minimum Gasteiger partial charge on any atom is -0.465 e. The van der Waals surface area contributed by atoms with Crippen molar-refractivity contribution in [2.24, 2.45) is 4.99 Å². The molecule has 0 radical (unpaired) electrons. The number of rotatable bonds is 3. The number of methoxy groups -OCH3 is 1. The fourth-order valence-electron chi connectivity index (χ4n) is 2.30. The Morgan fingerprint density at radius 3 is 2.74 bits per heavy atom. The molecule has 0 aliphatic carbocycles. The van der Waals surface area contributed by atoms with Gasteiger partial charge in [0.1, 0.15) is 0 Å². The Bertz CT molecular complexity index is 574. The third-order valence-corrected chi connectivity index (χ3v) is 3.39. The van der Waals surface area contributed by atoms with E-state index in [-0.39, 0.29) is 6.04 Å². The van der Waals surface area contributed by atoms with Crippen LogP contribution in [0.3, 0.4) is 0 Å². The predicted octanol–water partition coefficient (Wildman–Crippen LogP) is 2.47. The number of aliphatic imine (C=N–C) groups is 1. The van der Waals surface area contributed by atoms with Crippen LogP contribution >= 0.6 is 0 Å². The van der Waals surface area contributed by atoms with Gasteiger partial charge in [0.2, 0.25) is 0 Å². The Morgan fingerprint density at radius 2 is 2.21 bits per heavy atom. The highest BCUT2D eigenvalue weighted by Crippen LogP contribution is 2.30. The van der Waals surface area contributed by atoms with Crippen LogP contribution in [-0.4, -0.2) is 25.3 Å². The van der Waals surface area contributed by atoms with Gasteiger partial charge < -0.3 is 10.5 Å². The molecule has 0 bridgehead atoms. The molecule has 2 N–H and O–H groups in total. The zero-order valence-corrected chi connectivity index (χ0v) is 11.4. The van der Waals surface area contributed by atoms with Crippen LogP contribution in [0.4, 0.5) is 5.69 Å². The van der Waals surface area contributed by atoms with Crippen LogP contribution in [0, 0.1) is 0 Å². The van der Waals surface area contributed by atoms with Crippen LogP contribution in [0.25, 0.3) is 5.57 Å². The van der Waals surface area contributed by atoms with E-state index >= 15 is 0 Å². The molecule has 0 aromatic heterocycles. The molecular formula is C15H18N2O2. The molecule has 0 fully saturated rings. The average molecular weight is 258 g/mol. The number of nitrogen functional groups attached to an aromatic ring is 1. The molecule has 1 unspecified atom stereocenters. The average Bonchev–Trinajstić information content (AvgIpc) is 2.83. The van der Waals surface area contributed by atoms with Crippen LogP contribution in [-0.2, 0) is 11.2 Å². The number of hydrogen-bond acceptors (Lipinski definition) is 4. The number of allylic oxidation sites excluding steroid dienone is 1. The highest BCUT2D eigenvalue weighted by Gasteiger charge is 2.20. The fourth-order valence-corrected chi connectivity index (χ4v) is 2.30. The lowest BCUT2D eigenvalue weighted by Crippen LogP contribution is -2.10. The number of benzene rings is 1. The molecule has 4 heteroatoms. The molecule has 1 atom stereocenters. The van der Waals surface area contributed by atoms with Crippen molar-refractivity contribution in [3.8, 4) is 0 Å². The number of carbonyl (C=O) groups excluding carboxylic acids is 1. The Morgan fingerprint density at radius 1 is 1.47 bits per heavy atom. The summed E-state index contributed by atoms with van der Waals surface area (Å²) in [7, 11) is 1.36. The number of nitrogens with zero attached hydrogens (tertiary/aromatic N) is 1. The van der Waals surface area contributed by atoms with Gasteiger partial charge in [-0.15, -0.1) is 0 Å². The number of anilines is 1. The molecule has 2 rings (SSSR count). The van der Waals surface area contributed by atoms with Crippen molar-refractivity contribution in [2.45, 2.75) is 26.3 Å². The van der Waals surface area contributed by atoms with E-state index in [4.69, 9.17) is 10.5 Å². The van der Waals surface area contributed by atoms with Gasteiger partial charge in [-0.25, -0.2) is 4.79 Å². The van der Waals surface area contributed by atoms with Gasteiger partial charge in [0.15, 0.2) is 0 Å². The molecule has 1 aliphatic heterocycles. The van der Waals surface area contributed by atoms with Crippen LogP contribution in [0.1, 0.15) is 35.3 Å². The van der Waals surface area contributed by atoms with E-state index in [2.05, 4.69) is 11.9 Å². The van der Waals surface area contributed by atoms with Gasteiger partial charge in [0, 0.05) is 11.9 Å². The van der Waals surface area contributed by atoms with Gasteiger partial charge in [-0.3, -0.25) is 4.99 Å². The van der Waals surface area contributed by atoms with Gasteiger partial charge in [-0.2, -0.15) is 0 Å². The van der Waals surface area contributed by atoms with E-state index in [0.29, 0.717) is 11.3 Å². The zero-order chi connectivity index (χ0) is 14.0. The quantitative estimate of drug-likeness (QED) is 0.669. The summed E-state index contributed by atoms with van der Waals surface area (Å²) in [4.78, 5) is 16.1. The molecule has 4 nitrogen and oxygen atoms in total. The fraction of sp³-hybridized carbons (Fsp3) is 0.333. The summed E-state index contributed by atoms with van der Waals surface area (Å²) < 4.78 is 4.77. The first kappa shape index (κ1) is 13.3. The van der Waals surface area contributed by atoms with Crippen LogP contribution in [0.5, 0.6) is 0 Å². The maximum atomic E-state index is 11.7. The number of nitrogens with two attached hydrogens (primary N) is 1. The number of carbonyl (C=O) groups is 1. The Hall–Kier alpha value is -2.10. The van der Waals surface area contributed by atoms with E-state index in [0.717, 1.165) is 23.1 Å². The molecule has 0 saturated carbocycles. The summed E-state index contributed by atoms with van der Waals surface area (Å²) >= 11 is 0. The van der Waals surface area contributed by atoms with Gasteiger partial charge in [-0.05, 0) is 48.3 Å². The number of esters is 1. The van der Waals surface area contributed by atoms with Crippen molar-refractivity contribution in [3.63, 3.8) is 0 Å². The van der Waals surface area contributed by atoms with E-state index in [1.165, 1.54) is 7.11 Å². The summed E-state index contributed by atoms with van der Waals surface area (Å²) in [6.07, 6.45) is 4.63. The summed E-state index contributed by atoms with van der Waals surface area (Å²) in [6.45, 7) is 4.10. The molecule has 1 aromatic rings. The molecule has 1 aromatic carbocycles. The first-order valence-electron chi connectivity index (χ1n) is 6.32. The van der Waals surface area contributed by atoms with E-state index in [9.17, 15) is 4.79 Å². The number of aryl methyl sites for hydroxylation is 1. The van der Waals surface area contributed by atoms with Gasteiger partial charge in [-0.1, -0.05) is 6.92 Å². The Kier molecular flexibility index (Phi) is 3.69. The normalized spacial score (nSPS) is 17.4. The van der Waals surface area contributed by atoms with Crippen molar-refractivity contribution in [2.75, 3.05) is 12.8 Å². The number of hydrogen-bond donors (Lipinski definition) is 1. The van der Waals surface area contributed by atoms with Crippen molar-refractivity contribution in [1.82, 2.24) is 0 Å². The van der Waals surface area contributed by atoms with Crippen LogP contribution in [0.15, 0.2) is 23.2 Å². The molecular weight excluding hydrogens is 240 g/mol. The second kappa shape index (κ2) is 5.26. The van der Waals surface area contributed by atoms with E-state index in [1.807, 2.05) is 25.1 Å². The summed E-state index contributed by atoms with van der Waals surface area (Å²) in [5, 5.41) is 0. The van der Waals surface area contributed by atoms with Gasteiger partial charge >= 0.3 is 5.97 Å². The topological polar surface area (TPSA) is 64.7 Å². The molecule has 0 spiro atoms. The molecule has 19 heavy (non-hydrogen) atoms. The van der Waals surface area contributed by atoms with Gasteiger partial charge in [0.25, 0.3) is 0 Å². The summed E-state index contributed by atoms with van der Waals surface area (Å²) in [5.74, 6) is -0.409. The number of ether oxygens (including phenoxy) is 1. The maximum Gasteiger partial charge on any atom is 0.339 e. The second-order valence-electron chi connectivity index (χ2n) is 4.54. The lowest BCUT2D eigenvalue weighted by molar-refractivity contribution is 0.0602. The highest BCUT2D eigenvalue weighted by atomic mass is 16.5. The van der Waals surface area contributed by atoms with Gasteiger partial charge in [0.05, 0.1) is 18.7 Å². The Balaban J connectivity index is 2.56. The smallest absolute Gasteiger partial charge is 0.339 e. The molecule has 100 valence electrons. The van der Waals surface area contributed by atoms with E-state index in [1.54, 1.807) is 6.21 Å². The summed E-state index contributed by atoms with van der Waals surface area (Å²) in [5.41, 5.74) is 10.1. The third-order valence-electron chi connectivity index (χ3n) is 3.39. The Labute approximate surface area is 113 Å². The minimum absolute atomic E-state index is 0.111. The summed E-state index contributed by atoms with van der Waals surface area (Å²) in [6, 6.07) is 3.78. The van der Waals surface area contributed by atoms with E-state index < -0.39 is 5.97 Å². The van der Waals surface area contributed by atoms with Crippen molar-refractivity contribution in [3.05, 3.63) is 34.9 Å². The van der Waals surface area contributed by atoms with Crippen LogP contribution in [0.2, 0.25) is 0 Å². The minimum atomic E-state index is -0.409. The molecule has 1 aliphatic rings. The zero-order valence-electron chi connectivity index (χ0n) is 11.4. The monoisotopic (exact) mass is 258 g/mol. The van der Waals surface area contributed by atoms with Crippen LogP contribution < -0.4 is 5.73 Å². The standard InChI is InChI=1S/C15H18N2O2/c1-4-10-7-14(16)13(15(18)19-3)8-12(10)11-5-6-17-9(11)2/h5-9H,4,16H2,1-3H3. The predicted molar refractivity (Wildman–Crippen MR) is 77.5 cm³/mol. The van der Waals surface area contributed by atoms with Crippen molar-refractivity contribution < 1.29 is 9.53 Å². The third kappa shape index (κ3) is 2.38. The molecule has 0 saturated heterocycles. The van der Waals surface area contributed by atoms with Crippen molar-refractivity contribution in [1.29, 1.82) is 0 Å². The largest absolute Gasteiger partial charge is 0.465 e. The lowest BCUT2D eigenvalue weighted by atomic mass is 9.92. The second-order valence-corrected chi connectivity index (χ2v) is 4.54. The first-order chi connectivity index (χ1) is 9.08. The molecule has 0 amide bonds. The lowest BCUT2D eigenvalue weighted by Gasteiger charge is -2.15. The molecule has 1 heterocycles. The van der Waals surface area contributed by atoms with Crippen molar-refractivity contribution >= 4 is 23.4 Å². The maximum absolute atomic E-state index is 11.7.